The molecule has 25 nitrogen and oxygen atoms in total. The average Bonchev–Trinajstić information content (AvgIpc) is 1.60. The molecule has 8 aromatic carbocycles. The number of fused-ring (bicyclic) bond motifs is 8. The van der Waals surface area contributed by atoms with Crippen molar-refractivity contribution in [2.24, 2.45) is 0 Å². The van der Waals surface area contributed by atoms with Gasteiger partial charge in [0.05, 0.1) is 105 Å². The van der Waals surface area contributed by atoms with E-state index < -0.39 is 0 Å². The molecule has 0 bridgehead atoms. The highest BCUT2D eigenvalue weighted by Gasteiger charge is 2.37. The van der Waals surface area contributed by atoms with Gasteiger partial charge in [-0.25, -0.2) is 90.5 Å². The van der Waals surface area contributed by atoms with Crippen molar-refractivity contribution in [3.63, 3.8) is 0 Å². The summed E-state index contributed by atoms with van der Waals surface area (Å²) in [4.78, 5) is 56.7. The van der Waals surface area contributed by atoms with Crippen molar-refractivity contribution in [2.75, 3.05) is 55.1 Å². The fraction of sp³-hybridized carbons (Fsp3) is 0.243. The van der Waals surface area contributed by atoms with Crippen LogP contribution < -0.4 is 26.0 Å². The van der Waals surface area contributed by atoms with Gasteiger partial charge in [-0.3, -0.25) is 0 Å². The standard InChI is InChI=1S/C29H28F2N6.C28H26F2N6.C27H24F2N6.C27H25FN6O/c1-2-3-14-32-29-33-15-12-24(34-29)28-27(19-4-6-21(30)7-5-19)35-26-11-9-23(37(26)28)18-36-16-13-20-17-22(31)8-10-25(20)36;1-2-13-31-28-32-14-11-23(33-28)27-26(18-3-5-20(29)6-4-18)34-25-10-8-22(36(25)27)17-35-15-12-19-16-21(30)7-9-24(19)35;1-2-30-27-31-13-11-22(32-27)26-25(17-3-5-19(28)6-4-17)33-24-10-8-21(35(24)26)16-34-14-12-18-15-20(29)7-9-23(18)34;1-29-27-30-13-11-22(31-27)26-25(18-3-6-19(28)7-4-18)32-24-10-8-20(34(24)26)16-33-14-12-17-5-9-21(35-2)15-23(17)33/h4-8,10,12-13,15-17,23H,2-3,9,11,14,18H2,1H3,(H,32,33,34);3-7,9,11-12,14-16,22H,2,8,10,13,17H2,1H3,(H,31,32,33);3-7,9,11-15,21H,2,8,10,16H2,1H3,(H,30,31,32);3-7,9,11-15,20H,8,10,16H2,1-2H3,(H,29,30,31)/t23-;22-;21-;20-/m0000/s1. The monoisotopic (exact) mass is 1920 g/mol. The van der Waals surface area contributed by atoms with Crippen LogP contribution in [-0.2, 0) is 51.9 Å². The maximum absolute atomic E-state index is 13.7. The Bertz CT molecular complexity index is 7990. The van der Waals surface area contributed by atoms with E-state index in [0.717, 1.165) is 268 Å². The van der Waals surface area contributed by atoms with E-state index in [-0.39, 0.29) is 64.9 Å². The zero-order valence-electron chi connectivity index (χ0n) is 79.4. The van der Waals surface area contributed by atoms with E-state index in [0.29, 0.717) is 30.3 Å². The fourth-order valence-electron chi connectivity index (χ4n) is 20.3. The summed E-state index contributed by atoms with van der Waals surface area (Å²) in [7, 11) is 3.49. The van der Waals surface area contributed by atoms with Crippen molar-refractivity contribution in [1.82, 2.24) is 96.3 Å². The summed E-state index contributed by atoms with van der Waals surface area (Å²) in [6.07, 6.45) is 25.4. The van der Waals surface area contributed by atoms with Gasteiger partial charge in [-0.2, -0.15) is 0 Å². The Hall–Kier alpha value is -16.4. The average molecular weight is 1920 g/mol. The first-order chi connectivity index (χ1) is 69.9. The lowest BCUT2D eigenvalue weighted by Crippen LogP contribution is -2.14. The van der Waals surface area contributed by atoms with Gasteiger partial charge in [-0.15, -0.1) is 0 Å². The molecule has 0 saturated carbocycles. The van der Waals surface area contributed by atoms with Crippen LogP contribution >= 0.6 is 0 Å². The van der Waals surface area contributed by atoms with Gasteiger partial charge in [0.25, 0.3) is 0 Å². The van der Waals surface area contributed by atoms with Crippen LogP contribution in [-0.4, -0.2) is 130 Å². The number of unbranched alkanes of at least 4 members (excludes halogenated alkanes) is 1. The van der Waals surface area contributed by atoms with Gasteiger partial charge < -0.3 is 62.5 Å². The highest BCUT2D eigenvalue weighted by Crippen LogP contribution is 2.47. The number of anilines is 4. The molecule has 32 heteroatoms. The number of aromatic nitrogens is 20. The van der Waals surface area contributed by atoms with Gasteiger partial charge >= 0.3 is 0 Å². The van der Waals surface area contributed by atoms with Crippen molar-refractivity contribution in [3.05, 3.63) is 332 Å². The molecule has 143 heavy (non-hydrogen) atoms. The normalized spacial score (nSPS) is 14.9. The summed E-state index contributed by atoms with van der Waals surface area (Å²) in [5.74, 6) is 5.24. The van der Waals surface area contributed by atoms with Crippen LogP contribution in [0.4, 0.5) is 54.5 Å². The summed E-state index contributed by atoms with van der Waals surface area (Å²) in [6.45, 7) is 11.5. The number of hydrogen-bond donors (Lipinski definition) is 4. The predicted octanol–water partition coefficient (Wildman–Crippen LogP) is 24.1. The lowest BCUT2D eigenvalue weighted by Gasteiger charge is -2.19. The van der Waals surface area contributed by atoms with E-state index in [1.54, 1.807) is 106 Å². The quantitative estimate of drug-likeness (QED) is 0.0276. The molecule has 20 aromatic rings. The highest BCUT2D eigenvalue weighted by molar-refractivity contribution is 5.86. The number of nitrogens with zero attached hydrogens (tertiary/aromatic N) is 20. The lowest BCUT2D eigenvalue weighted by atomic mass is 10.1. The van der Waals surface area contributed by atoms with Crippen LogP contribution in [0.5, 0.6) is 5.75 Å². The topological polar surface area (TPSA) is 251 Å². The summed E-state index contributed by atoms with van der Waals surface area (Å²) >= 11 is 0. The van der Waals surface area contributed by atoms with Gasteiger partial charge in [0.15, 0.2) is 0 Å². The van der Waals surface area contributed by atoms with E-state index in [1.165, 1.54) is 72.1 Å². The fourth-order valence-corrected chi connectivity index (χ4v) is 20.3. The molecule has 24 rings (SSSR count). The number of nitrogens with one attached hydrogen (secondary N) is 4. The first kappa shape index (κ1) is 92.9. The minimum absolute atomic E-state index is 0.138. The van der Waals surface area contributed by atoms with E-state index in [2.05, 4.69) is 116 Å². The molecule has 4 aliphatic heterocycles. The number of rotatable bonds is 27. The van der Waals surface area contributed by atoms with E-state index in [9.17, 15) is 30.7 Å². The third-order valence-electron chi connectivity index (χ3n) is 27.0. The largest absolute Gasteiger partial charge is 0.497 e. The second-order valence-electron chi connectivity index (χ2n) is 36.1. The molecule has 0 amide bonds. The second-order valence-corrected chi connectivity index (χ2v) is 36.1. The summed E-state index contributed by atoms with van der Waals surface area (Å²) in [6, 6.07) is 62.8. The Morgan fingerprint density at radius 1 is 0.308 bits per heavy atom. The molecule has 0 spiro atoms. The third-order valence-corrected chi connectivity index (χ3v) is 27.0. The van der Waals surface area contributed by atoms with Crippen LogP contribution in [0.3, 0.4) is 0 Å². The molecule has 12 aromatic heterocycles. The van der Waals surface area contributed by atoms with Crippen LogP contribution in [0.2, 0.25) is 0 Å². The van der Waals surface area contributed by atoms with Crippen molar-refractivity contribution < 1.29 is 35.5 Å². The Morgan fingerprint density at radius 2 is 0.615 bits per heavy atom. The van der Waals surface area contributed by atoms with E-state index in [4.69, 9.17) is 44.6 Å². The maximum atomic E-state index is 13.7. The number of aryl methyl sites for hydroxylation is 4. The van der Waals surface area contributed by atoms with Crippen LogP contribution in [0.15, 0.2) is 268 Å². The van der Waals surface area contributed by atoms with Crippen molar-refractivity contribution in [2.45, 2.75) is 142 Å². The SMILES string of the molecule is CCCCNc1nccc(-c2c(-c3ccc(F)cc3)nc3n2[C@H](Cn2ccc4cc(F)ccc42)CC3)n1.CCCNc1nccc(-c2c(-c3ccc(F)cc3)nc3n2[C@H](Cn2ccc4cc(F)ccc42)CC3)n1.CCNc1nccc(-c2c(-c3ccc(F)cc3)nc3n2[C@H](Cn2ccc4cc(F)ccc42)CC3)n1.CNc1nccc(-c2c(-c3ccc(F)cc3)nc3n2[C@H](Cn2ccc4ccc(OC)cc42)CC3)n1. The van der Waals surface area contributed by atoms with Crippen LogP contribution in [0, 0.1) is 40.7 Å². The van der Waals surface area contributed by atoms with Crippen molar-refractivity contribution >= 4 is 67.4 Å². The predicted molar refractivity (Wildman–Crippen MR) is 544 cm³/mol. The molecule has 0 fully saturated rings. The molecule has 4 aliphatic rings. The number of benzene rings is 8. The zero-order chi connectivity index (χ0) is 97.9. The number of hydrogen-bond acceptors (Lipinski definition) is 17. The first-order valence-corrected chi connectivity index (χ1v) is 48.5. The summed E-state index contributed by atoms with van der Waals surface area (Å²) < 4.78 is 119. The molecule has 4 atom stereocenters. The number of halogens is 7. The van der Waals surface area contributed by atoms with Gasteiger partial charge in [0.1, 0.15) is 69.8 Å². The maximum Gasteiger partial charge on any atom is 0.223 e. The number of methoxy groups -OCH3 is 1. The van der Waals surface area contributed by atoms with Crippen molar-refractivity contribution in [3.8, 4) is 96.3 Å². The van der Waals surface area contributed by atoms with Gasteiger partial charge in [-0.1, -0.05) is 20.3 Å². The number of ether oxygens (including phenoxy) is 1. The lowest BCUT2D eigenvalue weighted by molar-refractivity contribution is 0.414. The van der Waals surface area contributed by atoms with Gasteiger partial charge in [0.2, 0.25) is 23.8 Å². The molecule has 4 N–H and O–H groups in total. The third kappa shape index (κ3) is 19.3. The van der Waals surface area contributed by atoms with E-state index >= 15 is 0 Å². The second kappa shape index (κ2) is 40.8. The minimum atomic E-state index is -0.285. The number of imidazole rings is 4. The van der Waals surface area contributed by atoms with Gasteiger partial charge in [0, 0.05) is 189 Å². The molecule has 0 radical (unpaired) electrons. The molecule has 0 unspecified atom stereocenters. The minimum Gasteiger partial charge on any atom is -0.497 e. The molecule has 0 saturated heterocycles. The molecule has 0 aliphatic carbocycles. The smallest absolute Gasteiger partial charge is 0.223 e. The molecular formula is C111H103F7N24O. The Morgan fingerprint density at radius 3 is 0.937 bits per heavy atom. The Balaban J connectivity index is 0.000000113. The molecular weight excluding hydrogens is 1820 g/mol. The summed E-state index contributed by atoms with van der Waals surface area (Å²) in [5, 5.41) is 16.6. The van der Waals surface area contributed by atoms with Crippen LogP contribution in [0.25, 0.3) is 134 Å². The Labute approximate surface area is 819 Å². The summed E-state index contributed by atoms with van der Waals surface area (Å²) in [5.41, 5.74) is 17.4. The van der Waals surface area contributed by atoms with Crippen molar-refractivity contribution in [1.29, 1.82) is 0 Å². The molecule has 16 heterocycles. The van der Waals surface area contributed by atoms with E-state index in [1.807, 2.05) is 92.2 Å². The van der Waals surface area contributed by atoms with Gasteiger partial charge in [-0.05, 0) is 263 Å². The van der Waals surface area contributed by atoms with Crippen LogP contribution in [0.1, 0.15) is 113 Å². The highest BCUT2D eigenvalue weighted by atomic mass is 19.2. The Kier molecular flexibility index (Phi) is 26.5. The molecule has 722 valence electrons. The zero-order valence-corrected chi connectivity index (χ0v) is 79.4. The first-order valence-electron chi connectivity index (χ1n) is 48.5.